The lowest BCUT2D eigenvalue weighted by Crippen LogP contribution is -2.34. The molecule has 0 aliphatic heterocycles. The number of carbonyl (C=O) groups is 1. The number of amides is 1. The lowest BCUT2D eigenvalue weighted by molar-refractivity contribution is -0.117. The molecule has 0 bridgehead atoms. The Bertz CT molecular complexity index is 701. The molecule has 0 saturated carbocycles. The van der Waals surface area contributed by atoms with E-state index in [-0.39, 0.29) is 5.91 Å². The van der Waals surface area contributed by atoms with Crippen LogP contribution < -0.4 is 5.32 Å². The van der Waals surface area contributed by atoms with Crippen molar-refractivity contribution < 1.29 is 4.79 Å². The first-order chi connectivity index (χ1) is 11.1. The summed E-state index contributed by atoms with van der Waals surface area (Å²) >= 11 is 5.95. The Kier molecular flexibility index (Phi) is 4.99. The lowest BCUT2D eigenvalue weighted by Gasteiger charge is -2.32. The summed E-state index contributed by atoms with van der Waals surface area (Å²) < 4.78 is 0. The molecule has 1 atom stereocenters. The number of hydrogen-bond acceptors (Lipinski definition) is 2. The van der Waals surface area contributed by atoms with Gasteiger partial charge in [0.05, 0.1) is 6.54 Å². The third-order valence-corrected chi connectivity index (χ3v) is 4.61. The van der Waals surface area contributed by atoms with Crippen molar-refractivity contribution in [2.75, 3.05) is 18.9 Å². The normalized spacial score (nSPS) is 16.9. The Morgan fingerprint density at radius 3 is 2.91 bits per heavy atom. The minimum Gasteiger partial charge on any atom is -0.325 e. The van der Waals surface area contributed by atoms with Crippen LogP contribution in [-0.2, 0) is 11.2 Å². The number of rotatable bonds is 4. The highest BCUT2D eigenvalue weighted by atomic mass is 35.5. The predicted molar refractivity (Wildman–Crippen MR) is 94.8 cm³/mol. The van der Waals surface area contributed by atoms with Gasteiger partial charge in [0.25, 0.3) is 0 Å². The average molecular weight is 329 g/mol. The van der Waals surface area contributed by atoms with Crippen molar-refractivity contribution in [3.05, 3.63) is 64.7 Å². The molecule has 120 valence electrons. The van der Waals surface area contributed by atoms with E-state index in [1.165, 1.54) is 17.5 Å². The summed E-state index contributed by atoms with van der Waals surface area (Å²) in [4.78, 5) is 14.4. The summed E-state index contributed by atoms with van der Waals surface area (Å²) in [5.41, 5.74) is 3.50. The summed E-state index contributed by atoms with van der Waals surface area (Å²) in [6.07, 6.45) is 3.40. The maximum absolute atomic E-state index is 12.3. The second-order valence-corrected chi connectivity index (χ2v) is 6.52. The summed E-state index contributed by atoms with van der Waals surface area (Å²) in [6, 6.07) is 16.1. The van der Waals surface area contributed by atoms with Gasteiger partial charge in [-0.05, 0) is 55.6 Å². The third-order valence-electron chi connectivity index (χ3n) is 4.37. The van der Waals surface area contributed by atoms with Gasteiger partial charge in [0.1, 0.15) is 0 Å². The molecule has 1 N–H and O–H groups in total. The van der Waals surface area contributed by atoms with Crippen LogP contribution in [0.15, 0.2) is 48.5 Å². The highest BCUT2D eigenvalue weighted by molar-refractivity contribution is 6.30. The number of hydrogen-bond donors (Lipinski definition) is 1. The number of likely N-dealkylation sites (N-methyl/N-ethyl adjacent to an activating group) is 1. The van der Waals surface area contributed by atoms with Gasteiger partial charge in [-0.1, -0.05) is 41.9 Å². The number of carbonyl (C=O) groups excluding carboxylic acids is 1. The van der Waals surface area contributed by atoms with Gasteiger partial charge < -0.3 is 5.32 Å². The van der Waals surface area contributed by atoms with Crippen LogP contribution >= 0.6 is 11.6 Å². The molecule has 3 rings (SSSR count). The number of fused-ring (bicyclic) bond motifs is 1. The van der Waals surface area contributed by atoms with E-state index in [1.807, 2.05) is 19.2 Å². The fourth-order valence-corrected chi connectivity index (χ4v) is 3.48. The van der Waals surface area contributed by atoms with Crippen LogP contribution in [0.3, 0.4) is 0 Å². The highest BCUT2D eigenvalue weighted by Gasteiger charge is 2.24. The summed E-state index contributed by atoms with van der Waals surface area (Å²) in [5.74, 6) is -0.0159. The maximum atomic E-state index is 12.3. The molecule has 0 fully saturated rings. The Labute approximate surface area is 142 Å². The number of nitrogens with one attached hydrogen (secondary N) is 1. The van der Waals surface area contributed by atoms with Crippen LogP contribution in [-0.4, -0.2) is 24.4 Å². The van der Waals surface area contributed by atoms with Crippen LogP contribution in [0, 0.1) is 0 Å². The zero-order valence-electron chi connectivity index (χ0n) is 13.3. The Morgan fingerprint density at radius 1 is 1.26 bits per heavy atom. The minimum atomic E-state index is -0.0159. The Morgan fingerprint density at radius 2 is 2.09 bits per heavy atom. The summed E-state index contributed by atoms with van der Waals surface area (Å²) in [7, 11) is 2.02. The molecular formula is C19H21ClN2O. The molecule has 2 aromatic carbocycles. The number of halogens is 1. The molecule has 1 aliphatic rings. The van der Waals surface area contributed by atoms with E-state index in [2.05, 4.69) is 34.5 Å². The van der Waals surface area contributed by atoms with Gasteiger partial charge in [-0.3, -0.25) is 9.69 Å². The molecular weight excluding hydrogens is 308 g/mol. The number of anilines is 1. The van der Waals surface area contributed by atoms with E-state index in [1.54, 1.807) is 12.1 Å². The standard InChI is InChI=1S/C19H21ClN2O/c1-22(13-19(23)21-16-9-5-8-15(20)12-16)18-11-4-7-14-6-2-3-10-17(14)18/h2-3,5-6,8-10,12,18H,4,7,11,13H2,1H3,(H,21,23). The first-order valence-corrected chi connectivity index (χ1v) is 8.35. The fourth-order valence-electron chi connectivity index (χ4n) is 3.29. The van der Waals surface area contributed by atoms with Crippen molar-refractivity contribution in [3.63, 3.8) is 0 Å². The minimum absolute atomic E-state index is 0.0159. The second-order valence-electron chi connectivity index (χ2n) is 6.08. The van der Waals surface area contributed by atoms with Crippen LogP contribution in [0.1, 0.15) is 30.0 Å². The van der Waals surface area contributed by atoms with Gasteiger partial charge >= 0.3 is 0 Å². The maximum Gasteiger partial charge on any atom is 0.238 e. The Hall–Kier alpha value is -1.84. The smallest absolute Gasteiger partial charge is 0.238 e. The zero-order chi connectivity index (χ0) is 16.2. The second kappa shape index (κ2) is 7.16. The van der Waals surface area contributed by atoms with Gasteiger partial charge in [0.2, 0.25) is 5.91 Å². The van der Waals surface area contributed by atoms with E-state index in [9.17, 15) is 4.79 Å². The van der Waals surface area contributed by atoms with Gasteiger partial charge in [-0.25, -0.2) is 0 Å². The molecule has 3 nitrogen and oxygen atoms in total. The van der Waals surface area contributed by atoms with Crippen molar-refractivity contribution in [1.82, 2.24) is 4.90 Å². The van der Waals surface area contributed by atoms with Crippen molar-refractivity contribution >= 4 is 23.2 Å². The van der Waals surface area contributed by atoms with E-state index in [0.717, 1.165) is 18.5 Å². The summed E-state index contributed by atoms with van der Waals surface area (Å²) in [6.45, 7) is 0.367. The average Bonchev–Trinajstić information content (AvgIpc) is 2.54. The molecule has 0 aromatic heterocycles. The monoisotopic (exact) mass is 328 g/mol. The van der Waals surface area contributed by atoms with Gasteiger partial charge in [-0.2, -0.15) is 0 Å². The molecule has 1 amide bonds. The fraction of sp³-hybridized carbons (Fsp3) is 0.316. The van der Waals surface area contributed by atoms with Crippen LogP contribution in [0.2, 0.25) is 5.02 Å². The molecule has 23 heavy (non-hydrogen) atoms. The van der Waals surface area contributed by atoms with Gasteiger partial charge in [0, 0.05) is 16.8 Å². The third kappa shape index (κ3) is 3.92. The predicted octanol–water partition coefficient (Wildman–Crippen LogP) is 4.29. The molecule has 0 saturated heterocycles. The quantitative estimate of drug-likeness (QED) is 0.908. The van der Waals surface area contributed by atoms with Crippen molar-refractivity contribution in [2.24, 2.45) is 0 Å². The molecule has 1 unspecified atom stereocenters. The topological polar surface area (TPSA) is 32.3 Å². The lowest BCUT2D eigenvalue weighted by atomic mass is 9.87. The van der Waals surface area contributed by atoms with E-state index >= 15 is 0 Å². The molecule has 4 heteroatoms. The van der Waals surface area contributed by atoms with Crippen molar-refractivity contribution in [1.29, 1.82) is 0 Å². The first kappa shape index (κ1) is 16.0. The zero-order valence-corrected chi connectivity index (χ0v) is 14.0. The molecule has 0 heterocycles. The largest absolute Gasteiger partial charge is 0.325 e. The summed E-state index contributed by atoms with van der Waals surface area (Å²) in [5, 5.41) is 3.53. The van der Waals surface area contributed by atoms with Crippen molar-refractivity contribution in [3.8, 4) is 0 Å². The SMILES string of the molecule is CN(CC(=O)Nc1cccc(Cl)c1)C1CCCc2ccccc21. The molecule has 1 aliphatic carbocycles. The Balaban J connectivity index is 1.65. The van der Waals surface area contributed by atoms with Crippen LogP contribution in [0.5, 0.6) is 0 Å². The molecule has 0 radical (unpaired) electrons. The van der Waals surface area contributed by atoms with Crippen LogP contribution in [0.4, 0.5) is 5.69 Å². The number of aryl methyl sites for hydroxylation is 1. The van der Waals surface area contributed by atoms with E-state index in [4.69, 9.17) is 11.6 Å². The van der Waals surface area contributed by atoms with Gasteiger partial charge in [0.15, 0.2) is 0 Å². The van der Waals surface area contributed by atoms with Gasteiger partial charge in [-0.15, -0.1) is 0 Å². The molecule has 0 spiro atoms. The van der Waals surface area contributed by atoms with Crippen LogP contribution in [0.25, 0.3) is 0 Å². The number of benzene rings is 2. The van der Waals surface area contributed by atoms with E-state index in [0.29, 0.717) is 17.6 Å². The first-order valence-electron chi connectivity index (χ1n) is 7.97. The molecule has 2 aromatic rings. The number of nitrogens with zero attached hydrogens (tertiary/aromatic N) is 1. The highest BCUT2D eigenvalue weighted by Crippen LogP contribution is 2.33. The van der Waals surface area contributed by atoms with Crippen molar-refractivity contribution in [2.45, 2.75) is 25.3 Å². The van der Waals surface area contributed by atoms with E-state index < -0.39 is 0 Å².